The standard InChI is InChI=1S/C21H23F2NO5/c1-4-27-15-8-10-17(28-5-2)16(13-15)24-20(25)11-7-14-6-9-18(29-21(22)23)19(12-14)26-3/h6-13,21H,4-5H2,1-3H3,(H,24,25)/b11-7+. The van der Waals surface area contributed by atoms with Gasteiger partial charge in [0.1, 0.15) is 11.5 Å². The van der Waals surface area contributed by atoms with Gasteiger partial charge in [0.15, 0.2) is 11.5 Å². The first kappa shape index (κ1) is 22.0. The quantitative estimate of drug-likeness (QED) is 0.576. The van der Waals surface area contributed by atoms with Crippen molar-refractivity contribution in [2.75, 3.05) is 25.6 Å². The molecule has 2 aromatic rings. The van der Waals surface area contributed by atoms with E-state index in [2.05, 4.69) is 10.1 Å². The molecule has 0 saturated heterocycles. The molecule has 0 aromatic heterocycles. The SMILES string of the molecule is CCOc1ccc(OCC)c(NC(=O)/C=C/c2ccc(OC(F)F)c(OC)c2)c1. The van der Waals surface area contributed by atoms with Crippen LogP contribution in [0.15, 0.2) is 42.5 Å². The number of hydrogen-bond donors (Lipinski definition) is 1. The fraction of sp³-hybridized carbons (Fsp3) is 0.286. The molecule has 0 atom stereocenters. The van der Waals surface area contributed by atoms with Gasteiger partial charge in [-0.15, -0.1) is 0 Å². The van der Waals surface area contributed by atoms with Crippen LogP contribution in [0.5, 0.6) is 23.0 Å². The molecular formula is C21H23F2NO5. The van der Waals surface area contributed by atoms with E-state index in [-0.39, 0.29) is 11.5 Å². The number of anilines is 1. The molecular weight excluding hydrogens is 384 g/mol. The summed E-state index contributed by atoms with van der Waals surface area (Å²) in [6.45, 7) is 1.69. The molecule has 0 heterocycles. The maximum absolute atomic E-state index is 12.4. The van der Waals surface area contributed by atoms with E-state index in [1.54, 1.807) is 18.2 Å². The van der Waals surface area contributed by atoms with Gasteiger partial charge in [-0.1, -0.05) is 6.07 Å². The van der Waals surface area contributed by atoms with Gasteiger partial charge in [0.05, 0.1) is 26.0 Å². The molecule has 29 heavy (non-hydrogen) atoms. The summed E-state index contributed by atoms with van der Waals surface area (Å²) < 4.78 is 45.2. The monoisotopic (exact) mass is 407 g/mol. The molecule has 0 aliphatic carbocycles. The Hall–Kier alpha value is -3.29. The van der Waals surface area contributed by atoms with Crippen LogP contribution in [0.3, 0.4) is 0 Å². The number of hydrogen-bond acceptors (Lipinski definition) is 5. The zero-order valence-corrected chi connectivity index (χ0v) is 16.4. The van der Waals surface area contributed by atoms with Crippen molar-refractivity contribution >= 4 is 17.7 Å². The summed E-state index contributed by atoms with van der Waals surface area (Å²) in [5.41, 5.74) is 1.05. The second kappa shape index (κ2) is 10.9. The number of ether oxygens (including phenoxy) is 4. The number of methoxy groups -OCH3 is 1. The Labute approximate surface area is 168 Å². The third-order valence-corrected chi connectivity index (χ3v) is 3.65. The minimum absolute atomic E-state index is 0.0850. The van der Waals surface area contributed by atoms with Gasteiger partial charge < -0.3 is 24.3 Å². The highest BCUT2D eigenvalue weighted by Gasteiger charge is 2.11. The van der Waals surface area contributed by atoms with Crippen LogP contribution in [0.1, 0.15) is 19.4 Å². The Bertz CT molecular complexity index is 855. The summed E-state index contributed by atoms with van der Waals surface area (Å²) in [6.07, 6.45) is 2.84. The molecule has 0 aliphatic heterocycles. The van der Waals surface area contributed by atoms with Crippen LogP contribution in [-0.2, 0) is 4.79 Å². The van der Waals surface area contributed by atoms with Gasteiger partial charge in [0.2, 0.25) is 5.91 Å². The maximum Gasteiger partial charge on any atom is 0.387 e. The number of halogens is 2. The van der Waals surface area contributed by atoms with E-state index in [1.165, 1.54) is 37.5 Å². The van der Waals surface area contributed by atoms with Crippen molar-refractivity contribution in [3.05, 3.63) is 48.0 Å². The second-order valence-corrected chi connectivity index (χ2v) is 5.64. The largest absolute Gasteiger partial charge is 0.494 e. The lowest BCUT2D eigenvalue weighted by atomic mass is 10.2. The molecule has 0 spiro atoms. The predicted molar refractivity (Wildman–Crippen MR) is 106 cm³/mol. The first-order valence-corrected chi connectivity index (χ1v) is 8.98. The van der Waals surface area contributed by atoms with Crippen LogP contribution in [-0.4, -0.2) is 32.8 Å². The average Bonchev–Trinajstić information content (AvgIpc) is 2.69. The Morgan fingerprint density at radius 1 is 1.03 bits per heavy atom. The van der Waals surface area contributed by atoms with E-state index in [1.807, 2.05) is 13.8 Å². The molecule has 1 amide bonds. The molecule has 0 radical (unpaired) electrons. The van der Waals surface area contributed by atoms with Gasteiger partial charge >= 0.3 is 6.61 Å². The van der Waals surface area contributed by atoms with Crippen molar-refractivity contribution in [1.82, 2.24) is 0 Å². The van der Waals surface area contributed by atoms with Gasteiger partial charge in [0.25, 0.3) is 0 Å². The Balaban J connectivity index is 2.14. The lowest BCUT2D eigenvalue weighted by Crippen LogP contribution is -2.10. The minimum Gasteiger partial charge on any atom is -0.494 e. The van der Waals surface area contributed by atoms with Gasteiger partial charge in [-0.25, -0.2) is 0 Å². The number of alkyl halides is 2. The van der Waals surface area contributed by atoms with E-state index in [4.69, 9.17) is 14.2 Å². The highest BCUT2D eigenvalue weighted by molar-refractivity contribution is 6.03. The summed E-state index contributed by atoms with van der Waals surface area (Å²) >= 11 is 0. The molecule has 0 bridgehead atoms. The van der Waals surface area contributed by atoms with Crippen molar-refractivity contribution in [3.63, 3.8) is 0 Å². The lowest BCUT2D eigenvalue weighted by molar-refractivity contribution is -0.111. The fourth-order valence-electron chi connectivity index (χ4n) is 2.47. The average molecular weight is 407 g/mol. The number of amides is 1. The molecule has 0 fully saturated rings. The molecule has 0 saturated carbocycles. The van der Waals surface area contributed by atoms with Crippen LogP contribution in [0.4, 0.5) is 14.5 Å². The molecule has 2 rings (SSSR count). The Kier molecular flexibility index (Phi) is 8.27. The summed E-state index contributed by atoms with van der Waals surface area (Å²) in [5, 5.41) is 2.74. The minimum atomic E-state index is -2.96. The lowest BCUT2D eigenvalue weighted by Gasteiger charge is -2.12. The molecule has 0 unspecified atom stereocenters. The number of carbonyl (C=O) groups is 1. The zero-order chi connectivity index (χ0) is 21.2. The second-order valence-electron chi connectivity index (χ2n) is 5.64. The summed E-state index contributed by atoms with van der Waals surface area (Å²) in [4.78, 5) is 12.3. The smallest absolute Gasteiger partial charge is 0.387 e. The zero-order valence-electron chi connectivity index (χ0n) is 16.4. The van der Waals surface area contributed by atoms with Crippen molar-refractivity contribution < 1.29 is 32.5 Å². The summed E-state index contributed by atoms with van der Waals surface area (Å²) in [5.74, 6) is 0.781. The molecule has 0 aliphatic rings. The van der Waals surface area contributed by atoms with Crippen LogP contribution < -0.4 is 24.3 Å². The number of carbonyl (C=O) groups excluding carboxylic acids is 1. The van der Waals surface area contributed by atoms with Gasteiger partial charge in [-0.3, -0.25) is 4.79 Å². The van der Waals surface area contributed by atoms with Gasteiger partial charge in [0, 0.05) is 12.1 Å². The number of nitrogens with one attached hydrogen (secondary N) is 1. The fourth-order valence-corrected chi connectivity index (χ4v) is 2.47. The maximum atomic E-state index is 12.4. The predicted octanol–water partition coefficient (Wildman–Crippen LogP) is 4.75. The third kappa shape index (κ3) is 6.67. The molecule has 8 heteroatoms. The highest BCUT2D eigenvalue weighted by Crippen LogP contribution is 2.31. The van der Waals surface area contributed by atoms with Crippen LogP contribution >= 0.6 is 0 Å². The van der Waals surface area contributed by atoms with Crippen molar-refractivity contribution in [1.29, 1.82) is 0 Å². The van der Waals surface area contributed by atoms with E-state index in [0.717, 1.165) is 0 Å². The molecule has 2 aromatic carbocycles. The van der Waals surface area contributed by atoms with E-state index in [9.17, 15) is 13.6 Å². The van der Waals surface area contributed by atoms with E-state index in [0.29, 0.717) is 36.0 Å². The Morgan fingerprint density at radius 2 is 1.76 bits per heavy atom. The van der Waals surface area contributed by atoms with E-state index < -0.39 is 12.5 Å². The van der Waals surface area contributed by atoms with Crippen molar-refractivity contribution in [2.45, 2.75) is 20.5 Å². The number of benzene rings is 2. The van der Waals surface area contributed by atoms with Crippen molar-refractivity contribution in [3.8, 4) is 23.0 Å². The van der Waals surface area contributed by atoms with E-state index >= 15 is 0 Å². The summed E-state index contributed by atoms with van der Waals surface area (Å²) in [7, 11) is 1.34. The van der Waals surface area contributed by atoms with Crippen LogP contribution in [0, 0.1) is 0 Å². The first-order valence-electron chi connectivity index (χ1n) is 8.98. The highest BCUT2D eigenvalue weighted by atomic mass is 19.3. The number of rotatable bonds is 10. The topological polar surface area (TPSA) is 66.0 Å². The normalized spacial score (nSPS) is 10.8. The first-order chi connectivity index (χ1) is 14.0. The van der Waals surface area contributed by atoms with Crippen LogP contribution in [0.25, 0.3) is 6.08 Å². The summed E-state index contributed by atoms with van der Waals surface area (Å²) in [6, 6.07) is 9.53. The molecule has 1 N–H and O–H groups in total. The van der Waals surface area contributed by atoms with Crippen LogP contribution in [0.2, 0.25) is 0 Å². The van der Waals surface area contributed by atoms with Gasteiger partial charge in [-0.2, -0.15) is 8.78 Å². The molecule has 6 nitrogen and oxygen atoms in total. The Morgan fingerprint density at radius 3 is 2.41 bits per heavy atom. The van der Waals surface area contributed by atoms with Crippen molar-refractivity contribution in [2.24, 2.45) is 0 Å². The molecule has 156 valence electrons. The third-order valence-electron chi connectivity index (χ3n) is 3.65. The van der Waals surface area contributed by atoms with Gasteiger partial charge in [-0.05, 0) is 49.8 Å².